The van der Waals surface area contributed by atoms with Crippen LogP contribution in [-0.4, -0.2) is 30.9 Å². The van der Waals surface area contributed by atoms with Crippen LogP contribution in [0.2, 0.25) is 0 Å². The predicted molar refractivity (Wildman–Crippen MR) is 68.4 cm³/mol. The minimum atomic E-state index is -0.489. The molecule has 0 bridgehead atoms. The third kappa shape index (κ3) is 6.75. The summed E-state index contributed by atoms with van der Waals surface area (Å²) in [6.07, 6.45) is -0.489. The van der Waals surface area contributed by atoms with E-state index in [-0.39, 0.29) is 0 Å². The summed E-state index contributed by atoms with van der Waals surface area (Å²) in [6.45, 7) is 3.77. The van der Waals surface area contributed by atoms with Crippen molar-refractivity contribution in [3.05, 3.63) is 35.9 Å². The molecule has 0 fully saturated rings. The lowest BCUT2D eigenvalue weighted by atomic mass is 10.2. The number of aliphatic hydroxyl groups is 1. The maximum atomic E-state index is 9.59. The van der Waals surface area contributed by atoms with E-state index in [9.17, 15) is 5.11 Å². The molecule has 0 spiro atoms. The van der Waals surface area contributed by atoms with Crippen LogP contribution in [0.3, 0.4) is 0 Å². The van der Waals surface area contributed by atoms with Crippen molar-refractivity contribution in [2.75, 3.05) is 19.7 Å². The highest BCUT2D eigenvalue weighted by Crippen LogP contribution is 2.00. The summed E-state index contributed by atoms with van der Waals surface area (Å²) in [4.78, 5) is 0. The molecule has 1 unspecified atom stereocenters. The molecule has 1 aromatic carbocycles. The molecule has 0 aliphatic carbocycles. The second kappa shape index (κ2) is 8.77. The molecule has 0 heterocycles. The van der Waals surface area contributed by atoms with Gasteiger partial charge in [0.05, 0.1) is 25.9 Å². The molecule has 1 atom stereocenters. The zero-order valence-corrected chi connectivity index (χ0v) is 10.1. The standard InChI is InChI=1S/C14H19NO2/c1-2-3-9-15-10-14(16)12-17-11-13-7-5-4-6-8-13/h4-8,14-16H,9-12H2,1H3. The van der Waals surface area contributed by atoms with E-state index in [1.807, 2.05) is 30.3 Å². The van der Waals surface area contributed by atoms with Gasteiger partial charge in [-0.1, -0.05) is 36.3 Å². The van der Waals surface area contributed by atoms with Gasteiger partial charge in [-0.2, -0.15) is 0 Å². The van der Waals surface area contributed by atoms with Crippen LogP contribution in [0.15, 0.2) is 30.3 Å². The zero-order valence-electron chi connectivity index (χ0n) is 10.1. The summed E-state index contributed by atoms with van der Waals surface area (Å²) in [5.74, 6) is 5.65. The molecule has 1 aromatic rings. The van der Waals surface area contributed by atoms with Crippen molar-refractivity contribution in [3.8, 4) is 11.8 Å². The SMILES string of the molecule is CC#CCNCC(O)COCc1ccccc1. The van der Waals surface area contributed by atoms with Crippen molar-refractivity contribution in [3.63, 3.8) is 0 Å². The third-order valence-corrected chi connectivity index (χ3v) is 2.19. The fourth-order valence-electron chi connectivity index (χ4n) is 1.34. The van der Waals surface area contributed by atoms with Gasteiger partial charge in [0.1, 0.15) is 0 Å². The van der Waals surface area contributed by atoms with E-state index in [4.69, 9.17) is 4.74 Å². The van der Waals surface area contributed by atoms with Crippen LogP contribution in [0.5, 0.6) is 0 Å². The lowest BCUT2D eigenvalue weighted by molar-refractivity contribution is 0.0294. The van der Waals surface area contributed by atoms with E-state index in [1.54, 1.807) is 6.92 Å². The molecule has 0 aliphatic rings. The van der Waals surface area contributed by atoms with Gasteiger partial charge >= 0.3 is 0 Å². The molecule has 0 saturated carbocycles. The Hall–Kier alpha value is -1.34. The molecule has 0 aliphatic heterocycles. The van der Waals surface area contributed by atoms with E-state index in [2.05, 4.69) is 17.2 Å². The number of hydrogen-bond acceptors (Lipinski definition) is 3. The second-order valence-corrected chi connectivity index (χ2v) is 3.71. The van der Waals surface area contributed by atoms with Crippen molar-refractivity contribution >= 4 is 0 Å². The Labute approximate surface area is 103 Å². The van der Waals surface area contributed by atoms with Crippen molar-refractivity contribution < 1.29 is 9.84 Å². The lowest BCUT2D eigenvalue weighted by Crippen LogP contribution is -2.30. The minimum absolute atomic E-state index is 0.335. The number of rotatable bonds is 7. The van der Waals surface area contributed by atoms with Crippen molar-refractivity contribution in [2.24, 2.45) is 0 Å². The van der Waals surface area contributed by atoms with Gasteiger partial charge in [-0.3, -0.25) is 0 Å². The number of hydrogen-bond donors (Lipinski definition) is 2. The van der Waals surface area contributed by atoms with Gasteiger partial charge in [0.2, 0.25) is 0 Å². The third-order valence-electron chi connectivity index (χ3n) is 2.19. The smallest absolute Gasteiger partial charge is 0.0898 e. The van der Waals surface area contributed by atoms with Crippen LogP contribution < -0.4 is 5.32 Å². The average molecular weight is 233 g/mol. The molecular formula is C14H19NO2. The van der Waals surface area contributed by atoms with E-state index in [0.717, 1.165) is 5.56 Å². The van der Waals surface area contributed by atoms with Crippen molar-refractivity contribution in [2.45, 2.75) is 19.6 Å². The molecule has 0 amide bonds. The predicted octanol–water partition coefficient (Wildman–Crippen LogP) is 1.18. The highest BCUT2D eigenvalue weighted by Gasteiger charge is 2.02. The van der Waals surface area contributed by atoms with E-state index in [1.165, 1.54) is 0 Å². The van der Waals surface area contributed by atoms with Crippen LogP contribution >= 0.6 is 0 Å². The first-order valence-electron chi connectivity index (χ1n) is 5.73. The van der Waals surface area contributed by atoms with Crippen LogP contribution in [0.4, 0.5) is 0 Å². The molecule has 3 heteroatoms. The highest BCUT2D eigenvalue weighted by molar-refractivity contribution is 5.13. The Bertz CT molecular complexity index is 353. The van der Waals surface area contributed by atoms with Crippen LogP contribution in [0.1, 0.15) is 12.5 Å². The van der Waals surface area contributed by atoms with Crippen molar-refractivity contribution in [1.29, 1.82) is 0 Å². The molecule has 92 valence electrons. The van der Waals surface area contributed by atoms with Gasteiger partial charge in [-0.15, -0.1) is 5.92 Å². The number of nitrogens with one attached hydrogen (secondary N) is 1. The zero-order chi connectivity index (χ0) is 12.3. The van der Waals surface area contributed by atoms with Crippen LogP contribution in [0.25, 0.3) is 0 Å². The van der Waals surface area contributed by atoms with E-state index in [0.29, 0.717) is 26.3 Å². The van der Waals surface area contributed by atoms with Crippen molar-refractivity contribution in [1.82, 2.24) is 5.32 Å². The molecule has 2 N–H and O–H groups in total. The Kier molecular flexibility index (Phi) is 7.08. The topological polar surface area (TPSA) is 41.5 Å². The van der Waals surface area contributed by atoms with E-state index < -0.39 is 6.10 Å². The summed E-state index contributed by atoms with van der Waals surface area (Å²) in [5.41, 5.74) is 1.12. The van der Waals surface area contributed by atoms with Crippen LogP contribution in [-0.2, 0) is 11.3 Å². The fourth-order valence-corrected chi connectivity index (χ4v) is 1.34. The maximum absolute atomic E-state index is 9.59. The quantitative estimate of drug-likeness (QED) is 0.549. The van der Waals surface area contributed by atoms with Crippen LogP contribution in [0, 0.1) is 11.8 Å². The highest BCUT2D eigenvalue weighted by atomic mass is 16.5. The average Bonchev–Trinajstić information content (AvgIpc) is 2.36. The molecular weight excluding hydrogens is 214 g/mol. The maximum Gasteiger partial charge on any atom is 0.0898 e. The lowest BCUT2D eigenvalue weighted by Gasteiger charge is -2.11. The number of ether oxygens (including phenoxy) is 1. The number of aliphatic hydroxyl groups excluding tert-OH is 1. The summed E-state index contributed by atoms with van der Waals surface area (Å²) >= 11 is 0. The summed E-state index contributed by atoms with van der Waals surface area (Å²) in [5, 5.41) is 12.6. The van der Waals surface area contributed by atoms with Gasteiger partial charge in [-0.05, 0) is 12.5 Å². The van der Waals surface area contributed by atoms with Gasteiger partial charge in [0.15, 0.2) is 0 Å². The second-order valence-electron chi connectivity index (χ2n) is 3.71. The Morgan fingerprint density at radius 3 is 2.82 bits per heavy atom. The minimum Gasteiger partial charge on any atom is -0.389 e. The monoisotopic (exact) mass is 233 g/mol. The Balaban J connectivity index is 2.07. The molecule has 0 saturated heterocycles. The summed E-state index contributed by atoms with van der Waals surface area (Å²) in [6, 6.07) is 9.92. The van der Waals surface area contributed by atoms with Gasteiger partial charge < -0.3 is 15.2 Å². The first-order valence-corrected chi connectivity index (χ1v) is 5.73. The summed E-state index contributed by atoms with van der Waals surface area (Å²) in [7, 11) is 0. The van der Waals surface area contributed by atoms with Gasteiger partial charge in [0.25, 0.3) is 0 Å². The van der Waals surface area contributed by atoms with Gasteiger partial charge in [0, 0.05) is 6.54 Å². The number of benzene rings is 1. The Morgan fingerprint density at radius 2 is 2.12 bits per heavy atom. The molecule has 1 rings (SSSR count). The molecule has 3 nitrogen and oxygen atoms in total. The Morgan fingerprint density at radius 1 is 1.35 bits per heavy atom. The fraction of sp³-hybridized carbons (Fsp3) is 0.429. The largest absolute Gasteiger partial charge is 0.389 e. The normalized spacial score (nSPS) is 11.6. The molecule has 0 radical (unpaired) electrons. The molecule has 0 aromatic heterocycles. The first-order chi connectivity index (χ1) is 8.33. The molecule has 17 heavy (non-hydrogen) atoms. The summed E-state index contributed by atoms with van der Waals surface area (Å²) < 4.78 is 5.41. The first kappa shape index (κ1) is 13.7. The van der Waals surface area contributed by atoms with Gasteiger partial charge in [-0.25, -0.2) is 0 Å². The van der Waals surface area contributed by atoms with E-state index >= 15 is 0 Å².